The van der Waals surface area contributed by atoms with E-state index in [1.807, 2.05) is 0 Å². The van der Waals surface area contributed by atoms with Gasteiger partial charge in [0.15, 0.2) is 11.6 Å². The fraction of sp³-hybridized carbons (Fsp3) is 0.188. The van der Waals surface area contributed by atoms with Crippen molar-refractivity contribution in [1.29, 1.82) is 0 Å². The molecule has 7 heteroatoms. The lowest BCUT2D eigenvalue weighted by atomic mass is 10.0. The van der Waals surface area contributed by atoms with Crippen molar-refractivity contribution >= 4 is 29.3 Å². The molecule has 0 saturated heterocycles. The van der Waals surface area contributed by atoms with E-state index in [2.05, 4.69) is 16.5 Å². The van der Waals surface area contributed by atoms with Gasteiger partial charge in [-0.05, 0) is 19.1 Å². The molecule has 120 valence electrons. The molecule has 0 aliphatic heterocycles. The highest BCUT2D eigenvalue weighted by Crippen LogP contribution is 2.34. The van der Waals surface area contributed by atoms with E-state index >= 15 is 0 Å². The highest BCUT2D eigenvalue weighted by molar-refractivity contribution is 6.31. The quantitative estimate of drug-likeness (QED) is 0.840. The van der Waals surface area contributed by atoms with E-state index in [1.165, 1.54) is 32.1 Å². The van der Waals surface area contributed by atoms with Crippen molar-refractivity contribution in [2.24, 2.45) is 0 Å². The Morgan fingerprint density at radius 1 is 1.43 bits per heavy atom. The maximum absolute atomic E-state index is 14.6. The van der Waals surface area contributed by atoms with Crippen LogP contribution in [0.2, 0.25) is 5.02 Å². The monoisotopic (exact) mass is 337 g/mol. The van der Waals surface area contributed by atoms with Crippen LogP contribution in [0.1, 0.15) is 41.6 Å². The van der Waals surface area contributed by atoms with Gasteiger partial charge in [-0.15, -0.1) is 0 Å². The van der Waals surface area contributed by atoms with Gasteiger partial charge in [-0.1, -0.05) is 24.3 Å². The van der Waals surface area contributed by atoms with Gasteiger partial charge in [0.05, 0.1) is 5.56 Å². The number of alkyl halides is 1. The van der Waals surface area contributed by atoms with Crippen LogP contribution in [-0.2, 0) is 0 Å². The smallest absolute Gasteiger partial charge is 0.178 e. The summed E-state index contributed by atoms with van der Waals surface area (Å²) in [5, 5.41) is -0.0382. The topological polar surface area (TPSA) is 68.9 Å². The summed E-state index contributed by atoms with van der Waals surface area (Å²) in [5.74, 6) is -1.38. The first-order valence-electron chi connectivity index (χ1n) is 6.71. The Labute approximate surface area is 137 Å². The Morgan fingerprint density at radius 3 is 2.61 bits per heavy atom. The summed E-state index contributed by atoms with van der Waals surface area (Å²) in [6.07, 6.45) is -0.261. The van der Waals surface area contributed by atoms with Gasteiger partial charge in [0.2, 0.25) is 0 Å². The van der Waals surface area contributed by atoms with Crippen LogP contribution in [-0.4, -0.2) is 15.8 Å². The van der Waals surface area contributed by atoms with Crippen LogP contribution in [0.25, 0.3) is 17.5 Å². The number of nitrogens with zero attached hydrogens (tertiary/aromatic N) is 2. The van der Waals surface area contributed by atoms with Crippen molar-refractivity contribution in [3.8, 4) is 11.4 Å². The fourth-order valence-electron chi connectivity index (χ4n) is 2.18. The van der Waals surface area contributed by atoms with Gasteiger partial charge in [-0.25, -0.2) is 18.7 Å². The summed E-state index contributed by atoms with van der Waals surface area (Å²) in [5.41, 5.74) is 5.71. The minimum Gasteiger partial charge on any atom is -0.383 e. The molecule has 2 rings (SSSR count). The lowest BCUT2D eigenvalue weighted by Crippen LogP contribution is -2.09. The molecule has 1 aromatic heterocycles. The normalized spacial score (nSPS) is 12.0. The van der Waals surface area contributed by atoms with Gasteiger partial charge in [-0.2, -0.15) is 0 Å². The second-order valence-electron chi connectivity index (χ2n) is 4.89. The van der Waals surface area contributed by atoms with E-state index < -0.39 is 12.0 Å². The van der Waals surface area contributed by atoms with Gasteiger partial charge < -0.3 is 5.73 Å². The minimum atomic E-state index is -1.61. The Balaban J connectivity index is 2.76. The third-order valence-corrected chi connectivity index (χ3v) is 3.61. The molecule has 2 aromatic rings. The van der Waals surface area contributed by atoms with E-state index in [9.17, 15) is 13.6 Å². The zero-order valence-electron chi connectivity index (χ0n) is 12.5. The largest absolute Gasteiger partial charge is 0.383 e. The number of benzene rings is 1. The maximum atomic E-state index is 14.6. The van der Waals surface area contributed by atoms with E-state index in [-0.39, 0.29) is 44.8 Å². The average Bonchev–Trinajstić information content (AvgIpc) is 2.46. The number of rotatable bonds is 4. The minimum absolute atomic E-state index is 0.0144. The van der Waals surface area contributed by atoms with Gasteiger partial charge in [0.25, 0.3) is 0 Å². The zero-order chi connectivity index (χ0) is 17.3. The number of hydrogen-bond acceptors (Lipinski definition) is 4. The number of nitrogen functional groups attached to an aromatic ring is 1. The molecule has 0 amide bonds. The first-order chi connectivity index (χ1) is 10.8. The Morgan fingerprint density at radius 2 is 2.09 bits per heavy atom. The number of nitrogens with two attached hydrogens (primary N) is 1. The second kappa shape index (κ2) is 6.42. The predicted molar refractivity (Wildman–Crippen MR) is 86.5 cm³/mol. The van der Waals surface area contributed by atoms with Crippen LogP contribution in [0.5, 0.6) is 0 Å². The van der Waals surface area contributed by atoms with Crippen LogP contribution >= 0.6 is 11.6 Å². The lowest BCUT2D eigenvalue weighted by Gasteiger charge is -2.12. The first kappa shape index (κ1) is 17.0. The Hall–Kier alpha value is -2.34. The average molecular weight is 338 g/mol. The van der Waals surface area contributed by atoms with E-state index in [4.69, 9.17) is 17.3 Å². The molecule has 1 heterocycles. The Bertz CT molecular complexity index is 806. The number of halogens is 3. The van der Waals surface area contributed by atoms with Crippen molar-refractivity contribution in [3.63, 3.8) is 0 Å². The van der Waals surface area contributed by atoms with Crippen molar-refractivity contribution in [2.75, 3.05) is 5.73 Å². The van der Waals surface area contributed by atoms with E-state index in [0.29, 0.717) is 0 Å². The number of aromatic nitrogens is 2. The number of anilines is 1. The summed E-state index contributed by atoms with van der Waals surface area (Å²) in [6, 6.07) is 2.66. The van der Waals surface area contributed by atoms with Crippen molar-refractivity contribution in [2.45, 2.75) is 20.0 Å². The van der Waals surface area contributed by atoms with Crippen LogP contribution in [0, 0.1) is 5.82 Å². The number of ketones is 1. The molecule has 1 unspecified atom stereocenters. The van der Waals surface area contributed by atoms with Crippen LogP contribution in [0.15, 0.2) is 18.7 Å². The first-order valence-corrected chi connectivity index (χ1v) is 7.09. The molecule has 0 aliphatic rings. The number of Topliss-reactive ketones (excluding diaryl/α,β-unsaturated/α-hetero) is 1. The van der Waals surface area contributed by atoms with E-state index in [0.717, 1.165) is 0 Å². The standard InChI is InChI=1S/C16H14ClF2N3O/c1-4-9-14(8(3)23)21-16(22-15(9)20)10-5-6-11(17)12(7(2)18)13(10)19/h4-7H,1H2,2-3H3,(H2,20,21,22). The molecule has 1 aromatic carbocycles. The SMILES string of the molecule is C=Cc1c(N)nc(-c2ccc(Cl)c(C(C)F)c2F)nc1C(C)=O. The van der Waals surface area contributed by atoms with Crippen molar-refractivity contribution in [1.82, 2.24) is 9.97 Å². The van der Waals surface area contributed by atoms with E-state index in [1.54, 1.807) is 0 Å². The molecular formula is C16H14ClF2N3O. The molecule has 1 atom stereocenters. The molecule has 0 spiro atoms. The van der Waals surface area contributed by atoms with Crippen LogP contribution in [0.4, 0.5) is 14.6 Å². The van der Waals surface area contributed by atoms with Crippen LogP contribution < -0.4 is 5.73 Å². The summed E-state index contributed by atoms with van der Waals surface area (Å²) in [6.45, 7) is 6.02. The molecule has 0 bridgehead atoms. The van der Waals surface area contributed by atoms with Crippen molar-refractivity contribution in [3.05, 3.63) is 46.4 Å². The van der Waals surface area contributed by atoms with Crippen LogP contribution in [0.3, 0.4) is 0 Å². The molecule has 0 radical (unpaired) electrons. The summed E-state index contributed by atoms with van der Waals surface area (Å²) >= 11 is 5.83. The molecule has 4 nitrogen and oxygen atoms in total. The van der Waals surface area contributed by atoms with Crippen molar-refractivity contribution < 1.29 is 13.6 Å². The van der Waals surface area contributed by atoms with Gasteiger partial charge >= 0.3 is 0 Å². The summed E-state index contributed by atoms with van der Waals surface area (Å²) in [7, 11) is 0. The summed E-state index contributed by atoms with van der Waals surface area (Å²) in [4.78, 5) is 19.7. The van der Waals surface area contributed by atoms with Gasteiger partial charge in [-0.3, -0.25) is 4.79 Å². The highest BCUT2D eigenvalue weighted by atomic mass is 35.5. The maximum Gasteiger partial charge on any atom is 0.178 e. The molecule has 2 N–H and O–H groups in total. The number of carbonyl (C=O) groups excluding carboxylic acids is 1. The van der Waals surface area contributed by atoms with Gasteiger partial charge in [0.1, 0.15) is 23.5 Å². The molecule has 23 heavy (non-hydrogen) atoms. The lowest BCUT2D eigenvalue weighted by molar-refractivity contribution is 0.101. The highest BCUT2D eigenvalue weighted by Gasteiger charge is 2.22. The predicted octanol–water partition coefficient (Wildman–Crippen LogP) is 4.39. The van der Waals surface area contributed by atoms with Gasteiger partial charge in [0, 0.05) is 23.1 Å². The second-order valence-corrected chi connectivity index (χ2v) is 5.30. The fourth-order valence-corrected chi connectivity index (χ4v) is 2.48. The molecule has 0 aliphatic carbocycles. The third kappa shape index (κ3) is 3.07. The molecule has 0 fully saturated rings. The molecule has 0 saturated carbocycles. The number of carbonyl (C=O) groups is 1. The third-order valence-electron chi connectivity index (χ3n) is 3.28. The zero-order valence-corrected chi connectivity index (χ0v) is 13.3. The number of hydrogen-bond donors (Lipinski definition) is 1. The Kier molecular flexibility index (Phi) is 4.75. The summed E-state index contributed by atoms with van der Waals surface area (Å²) < 4.78 is 28.2. The molecular weight excluding hydrogens is 324 g/mol.